The van der Waals surface area contributed by atoms with Gasteiger partial charge in [-0.1, -0.05) is 0 Å². The topological polar surface area (TPSA) is 96.9 Å². The second-order valence-electron chi connectivity index (χ2n) is 0.217. The third-order valence-electron chi connectivity index (χ3n) is 0. The van der Waals surface area contributed by atoms with Crippen LogP contribution in [-0.2, 0) is 11.4 Å². The molecule has 5 N–H and O–H groups in total. The molecule has 0 aromatic rings. The van der Waals surface area contributed by atoms with Crippen molar-refractivity contribution >= 4 is 11.4 Å². The zero-order valence-corrected chi connectivity index (χ0v) is 7.62. The molecule has 42 valence electrons. The molecule has 1 atom stereocenters. The fourth-order valence-corrected chi connectivity index (χ4v) is 0. The predicted octanol–water partition coefficient (Wildman–Crippen LogP) is -6.28. The molecule has 0 spiro atoms. The summed E-state index contributed by atoms with van der Waals surface area (Å²) in [4.78, 5) is 0. The van der Waals surface area contributed by atoms with Gasteiger partial charge in [-0.3, -0.25) is 0 Å². The van der Waals surface area contributed by atoms with Crippen LogP contribution in [0.4, 0.5) is 0 Å². The van der Waals surface area contributed by atoms with E-state index in [4.69, 9.17) is 13.3 Å². The van der Waals surface area contributed by atoms with Crippen molar-refractivity contribution in [2.24, 2.45) is 0 Å². The van der Waals surface area contributed by atoms with Crippen LogP contribution in [0, 0.1) is 0 Å². The quantitative estimate of drug-likeness (QED) is 0.270. The van der Waals surface area contributed by atoms with Gasteiger partial charge in [-0.05, 0) is 0 Å². The van der Waals surface area contributed by atoms with Crippen LogP contribution in [0.2, 0.25) is 0 Å². The number of halogens is 1. The summed E-state index contributed by atoms with van der Waals surface area (Å²) in [6.45, 7) is 0. The summed E-state index contributed by atoms with van der Waals surface area (Å²) >= 11 is -2.86. The Labute approximate surface area is 72.5 Å². The van der Waals surface area contributed by atoms with E-state index in [0.717, 1.165) is 0 Å². The van der Waals surface area contributed by atoms with Gasteiger partial charge in [-0.15, -0.1) is 0 Å². The first-order valence-electron chi connectivity index (χ1n) is 0.516. The van der Waals surface area contributed by atoms with Crippen molar-refractivity contribution < 1.29 is 55.3 Å². The van der Waals surface area contributed by atoms with E-state index >= 15 is 0 Å². The third kappa shape index (κ3) is 119. The van der Waals surface area contributed by atoms with Crippen LogP contribution >= 0.6 is 0 Å². The van der Waals surface area contributed by atoms with Gasteiger partial charge in [0.05, 0.1) is 11.4 Å². The van der Waals surface area contributed by atoms with Crippen molar-refractivity contribution in [1.82, 2.24) is 6.15 Å². The van der Waals surface area contributed by atoms with Crippen LogP contribution in [0.5, 0.6) is 0 Å². The van der Waals surface area contributed by atoms with Gasteiger partial charge in [0.1, 0.15) is 0 Å². The first-order chi connectivity index (χ1) is 1.73. The number of rotatable bonds is 0. The molecule has 1 unspecified atom stereocenters. The molecule has 0 rings (SSSR count). The monoisotopic (exact) mass is 157 g/mol. The van der Waals surface area contributed by atoms with Crippen molar-refractivity contribution in [3.8, 4) is 0 Å². The molecule has 0 amide bonds. The molecule has 0 aliphatic carbocycles. The summed E-state index contributed by atoms with van der Waals surface area (Å²) in [6.07, 6.45) is 0. The molecule has 0 aromatic heterocycles. The zero-order valence-electron chi connectivity index (χ0n) is 4.05. The number of hydrogen-bond donors (Lipinski definition) is 2. The van der Waals surface area contributed by atoms with Gasteiger partial charge >= 0.3 is 29.6 Å². The maximum Gasteiger partial charge on any atom is 1.00 e. The molecule has 0 aromatic carbocycles. The summed E-state index contributed by atoms with van der Waals surface area (Å²) in [5.41, 5.74) is 0. The zero-order chi connectivity index (χ0) is 3.58. The average molecular weight is 158 g/mol. The molecule has 0 bridgehead atoms. The Morgan fingerprint density at radius 3 is 1.57 bits per heavy atom. The van der Waals surface area contributed by atoms with Crippen molar-refractivity contribution in [2.45, 2.75) is 0 Å². The van der Waals surface area contributed by atoms with Gasteiger partial charge in [-0.25, -0.2) is 4.21 Å². The molecule has 7 heteroatoms. The maximum atomic E-state index is 8.56. The van der Waals surface area contributed by atoms with Crippen LogP contribution in [-0.4, -0.2) is 13.3 Å². The molecule has 0 radical (unpaired) electrons. The Balaban J connectivity index is -0.0000000150. The van der Waals surface area contributed by atoms with E-state index in [-0.39, 0.29) is 48.1 Å². The minimum atomic E-state index is -2.86. The molecule has 4 nitrogen and oxygen atoms in total. The molecule has 0 saturated heterocycles. The Bertz CT molecular complexity index is 37.9. The van der Waals surface area contributed by atoms with Crippen LogP contribution in [0.3, 0.4) is 0 Å². The fraction of sp³-hybridized carbons (Fsp3) is 0. The number of quaternary nitrogens is 1. The van der Waals surface area contributed by atoms with Crippen molar-refractivity contribution in [3.63, 3.8) is 0 Å². The molecule has 0 fully saturated rings. The van der Waals surface area contributed by atoms with Crippen molar-refractivity contribution in [3.05, 3.63) is 0 Å². The summed E-state index contributed by atoms with van der Waals surface area (Å²) in [7, 11) is 0. The standard InChI is InChI=1S/ClH.H3N.Na.H2O3S/c;;;1-4(2)3/h1H;1H3;;(H2,1,2,3)/q;;+1;/p-1. The van der Waals surface area contributed by atoms with Gasteiger partial charge in [0.25, 0.3) is 0 Å². The van der Waals surface area contributed by atoms with Crippen molar-refractivity contribution in [2.75, 3.05) is 0 Å². The van der Waals surface area contributed by atoms with E-state index in [9.17, 15) is 0 Å². The molecular weight excluding hydrogens is 153 g/mol. The molecule has 7 heavy (non-hydrogen) atoms. The van der Waals surface area contributed by atoms with Crippen LogP contribution in [0.25, 0.3) is 0 Å². The van der Waals surface area contributed by atoms with E-state index in [1.54, 1.807) is 0 Å². The first kappa shape index (κ1) is 23.9. The summed E-state index contributed by atoms with van der Waals surface area (Å²) in [5.74, 6) is 0. The van der Waals surface area contributed by atoms with Gasteiger partial charge in [0, 0.05) is 0 Å². The van der Waals surface area contributed by atoms with Crippen LogP contribution < -0.4 is 48.1 Å². The van der Waals surface area contributed by atoms with Crippen LogP contribution in [0.1, 0.15) is 0 Å². The summed E-state index contributed by atoms with van der Waals surface area (Å²) in [5, 5.41) is 0. The first-order valence-corrected chi connectivity index (χ1v) is 1.55. The van der Waals surface area contributed by atoms with E-state index in [1.165, 1.54) is 0 Å². The smallest absolute Gasteiger partial charge is 1.00 e. The Hall–Kier alpha value is 1.32. The fourth-order valence-electron chi connectivity index (χ4n) is 0. The molecule has 0 aliphatic rings. The third-order valence-corrected chi connectivity index (χ3v) is 0. The minimum Gasteiger partial charge on any atom is -1.00 e. The van der Waals surface area contributed by atoms with Gasteiger partial charge < -0.3 is 27.7 Å². The van der Waals surface area contributed by atoms with Crippen molar-refractivity contribution in [1.29, 1.82) is 0 Å². The van der Waals surface area contributed by atoms with Gasteiger partial charge in [0.15, 0.2) is 0 Å². The van der Waals surface area contributed by atoms with Gasteiger partial charge in [0.2, 0.25) is 0 Å². The molecular formula is H5ClNNaO3S. The minimum absolute atomic E-state index is 0. The normalized spacial score (nSPS) is 8.86. The second kappa shape index (κ2) is 15.7. The van der Waals surface area contributed by atoms with Crippen LogP contribution in [0.15, 0.2) is 0 Å². The molecule has 0 heterocycles. The SMILES string of the molecule is O=S([O-])O.[Cl-].[NH4+].[Na+]. The Kier molecular flexibility index (Phi) is 53.5. The van der Waals surface area contributed by atoms with E-state index < -0.39 is 11.4 Å². The molecule has 0 saturated carbocycles. The second-order valence-corrected chi connectivity index (χ2v) is 0.651. The predicted molar refractivity (Wildman–Crippen MR) is 17.5 cm³/mol. The average Bonchev–Trinajstić information content (AvgIpc) is 0.811. The number of hydrogen-bond acceptors (Lipinski definition) is 2. The molecule has 0 aliphatic heterocycles. The largest absolute Gasteiger partial charge is 1.00 e. The Morgan fingerprint density at radius 1 is 1.57 bits per heavy atom. The summed E-state index contributed by atoms with van der Waals surface area (Å²) in [6, 6.07) is 0. The van der Waals surface area contributed by atoms with E-state index in [2.05, 4.69) is 0 Å². The summed E-state index contributed by atoms with van der Waals surface area (Å²) < 4.78 is 24.1. The van der Waals surface area contributed by atoms with E-state index in [1.807, 2.05) is 0 Å². The van der Waals surface area contributed by atoms with Gasteiger partial charge in [-0.2, -0.15) is 0 Å². The van der Waals surface area contributed by atoms with E-state index in [0.29, 0.717) is 0 Å². The maximum absolute atomic E-state index is 8.56. The Morgan fingerprint density at radius 2 is 1.57 bits per heavy atom.